The van der Waals surface area contributed by atoms with Crippen molar-refractivity contribution in [1.82, 2.24) is 10.0 Å². The van der Waals surface area contributed by atoms with Crippen molar-refractivity contribution in [3.63, 3.8) is 0 Å². The summed E-state index contributed by atoms with van der Waals surface area (Å²) >= 11 is 0. The van der Waals surface area contributed by atoms with E-state index in [4.69, 9.17) is 4.84 Å². The first kappa shape index (κ1) is 18.9. The molecule has 1 aromatic carbocycles. The number of rotatable bonds is 7. The van der Waals surface area contributed by atoms with Gasteiger partial charge in [0.2, 0.25) is 0 Å². The predicted molar refractivity (Wildman–Crippen MR) is 105 cm³/mol. The fourth-order valence-corrected chi connectivity index (χ4v) is 3.17. The first-order chi connectivity index (χ1) is 13.1. The van der Waals surface area contributed by atoms with E-state index < -0.39 is 0 Å². The van der Waals surface area contributed by atoms with Crippen LogP contribution in [-0.2, 0) is 14.4 Å². The normalized spacial score (nSPS) is 16.3. The molecule has 0 aliphatic heterocycles. The van der Waals surface area contributed by atoms with Gasteiger partial charge in [-0.1, -0.05) is 31.5 Å². The highest BCUT2D eigenvalue weighted by molar-refractivity contribution is 6.30. The van der Waals surface area contributed by atoms with E-state index in [1.807, 2.05) is 67.2 Å². The summed E-state index contributed by atoms with van der Waals surface area (Å²) in [6, 6.07) is 11.9. The van der Waals surface area contributed by atoms with Gasteiger partial charge in [-0.3, -0.25) is 19.9 Å². The molecule has 3 rings (SSSR count). The molecule has 1 aliphatic carbocycles. The second-order valence-corrected chi connectivity index (χ2v) is 6.42. The smallest absolute Gasteiger partial charge is 0.191 e. The molecular formula is C22H24N2O3. The molecule has 2 aromatic rings. The van der Waals surface area contributed by atoms with Gasteiger partial charge >= 0.3 is 0 Å². The Balaban J connectivity index is 1.89. The first-order valence-corrected chi connectivity index (χ1v) is 9.26. The van der Waals surface area contributed by atoms with Crippen molar-refractivity contribution in [3.8, 4) is 5.69 Å². The van der Waals surface area contributed by atoms with Crippen LogP contribution in [0.1, 0.15) is 38.7 Å². The van der Waals surface area contributed by atoms with Gasteiger partial charge < -0.3 is 4.57 Å². The van der Waals surface area contributed by atoms with Crippen LogP contribution in [0.3, 0.4) is 0 Å². The third kappa shape index (κ3) is 4.26. The number of benzene rings is 1. The van der Waals surface area contributed by atoms with E-state index in [1.54, 1.807) is 6.08 Å². The van der Waals surface area contributed by atoms with Gasteiger partial charge in [-0.05, 0) is 48.8 Å². The zero-order valence-corrected chi connectivity index (χ0v) is 15.7. The van der Waals surface area contributed by atoms with Crippen molar-refractivity contribution in [3.05, 3.63) is 71.7 Å². The summed E-state index contributed by atoms with van der Waals surface area (Å²) in [6.07, 6.45) is 7.08. The third-order valence-electron chi connectivity index (χ3n) is 4.44. The largest absolute Gasteiger partial charge is 0.323 e. The highest BCUT2D eigenvalue weighted by Gasteiger charge is 2.28. The van der Waals surface area contributed by atoms with Gasteiger partial charge in [-0.15, -0.1) is 0 Å². The minimum absolute atomic E-state index is 0.166. The monoisotopic (exact) mass is 364 g/mol. The van der Waals surface area contributed by atoms with Crippen LogP contribution in [0.15, 0.2) is 66.1 Å². The fraction of sp³-hybridized carbons (Fsp3) is 0.273. The van der Waals surface area contributed by atoms with Crippen LogP contribution in [0, 0.1) is 0 Å². The molecule has 0 saturated carbocycles. The number of hydrogen-bond donors (Lipinski definition) is 1. The third-order valence-corrected chi connectivity index (χ3v) is 4.44. The number of aromatic nitrogens is 1. The van der Waals surface area contributed by atoms with Crippen molar-refractivity contribution in [2.75, 3.05) is 6.61 Å². The number of nitrogens with one attached hydrogen (secondary N) is 1. The second kappa shape index (κ2) is 8.64. The molecule has 0 saturated heterocycles. The Labute approximate surface area is 159 Å². The Morgan fingerprint density at radius 2 is 1.93 bits per heavy atom. The van der Waals surface area contributed by atoms with Crippen LogP contribution in [-0.4, -0.2) is 22.7 Å². The standard InChI is InChI=1S/C22H24N2O3/c1-3-8-19(23-27-4-2)22-20(25)13-17(14-21(22)26)16-11-12-24(15-16)18-9-6-5-7-10-18/h5-7,9-13,15,23H,3-4,8,14H2,1-2H3/b22-19-. The number of carbonyl (C=O) groups is 2. The van der Waals surface area contributed by atoms with Crippen molar-refractivity contribution in [2.24, 2.45) is 0 Å². The van der Waals surface area contributed by atoms with Gasteiger partial charge in [-0.25, -0.2) is 0 Å². The molecule has 0 spiro atoms. The van der Waals surface area contributed by atoms with Crippen molar-refractivity contribution in [1.29, 1.82) is 0 Å². The Kier molecular flexibility index (Phi) is 6.04. The van der Waals surface area contributed by atoms with E-state index in [2.05, 4.69) is 5.48 Å². The molecule has 0 atom stereocenters. The lowest BCUT2D eigenvalue weighted by atomic mass is 9.88. The van der Waals surface area contributed by atoms with Crippen LogP contribution in [0.5, 0.6) is 0 Å². The minimum Gasteiger partial charge on any atom is -0.323 e. The summed E-state index contributed by atoms with van der Waals surface area (Å²) in [4.78, 5) is 30.6. The number of para-hydroxylation sites is 1. The minimum atomic E-state index is -0.260. The van der Waals surface area contributed by atoms with Crippen LogP contribution in [0.2, 0.25) is 0 Å². The van der Waals surface area contributed by atoms with E-state index in [9.17, 15) is 9.59 Å². The molecule has 0 bridgehead atoms. The summed E-state index contributed by atoms with van der Waals surface area (Å²) in [5.74, 6) is -0.426. The lowest BCUT2D eigenvalue weighted by Gasteiger charge is -2.18. The zero-order valence-electron chi connectivity index (χ0n) is 15.7. The zero-order chi connectivity index (χ0) is 19.2. The Morgan fingerprint density at radius 1 is 1.15 bits per heavy atom. The van der Waals surface area contributed by atoms with E-state index in [-0.39, 0.29) is 23.6 Å². The molecule has 1 aliphatic rings. The molecule has 0 amide bonds. The lowest BCUT2D eigenvalue weighted by molar-refractivity contribution is -0.119. The molecule has 1 N–H and O–H groups in total. The van der Waals surface area contributed by atoms with Gasteiger partial charge in [0.25, 0.3) is 0 Å². The van der Waals surface area contributed by atoms with Crippen LogP contribution >= 0.6 is 0 Å². The van der Waals surface area contributed by atoms with E-state index >= 15 is 0 Å². The van der Waals surface area contributed by atoms with Gasteiger partial charge in [0, 0.05) is 24.5 Å². The van der Waals surface area contributed by atoms with Crippen LogP contribution < -0.4 is 5.48 Å². The van der Waals surface area contributed by atoms with Crippen LogP contribution in [0.25, 0.3) is 11.3 Å². The highest BCUT2D eigenvalue weighted by atomic mass is 16.6. The van der Waals surface area contributed by atoms with E-state index in [1.165, 1.54) is 0 Å². The average molecular weight is 364 g/mol. The van der Waals surface area contributed by atoms with Crippen molar-refractivity contribution in [2.45, 2.75) is 33.1 Å². The summed E-state index contributed by atoms with van der Waals surface area (Å²) in [7, 11) is 0. The summed E-state index contributed by atoms with van der Waals surface area (Å²) in [5.41, 5.74) is 6.24. The molecule has 0 unspecified atom stereocenters. The molecule has 0 radical (unpaired) electrons. The number of nitrogens with zero attached hydrogens (tertiary/aromatic N) is 1. The summed E-state index contributed by atoms with van der Waals surface area (Å²) in [6.45, 7) is 4.30. The molecule has 140 valence electrons. The number of hydrogen-bond acceptors (Lipinski definition) is 4. The van der Waals surface area contributed by atoms with Crippen molar-refractivity contribution < 1.29 is 14.4 Å². The predicted octanol–water partition coefficient (Wildman–Crippen LogP) is 4.00. The van der Waals surface area contributed by atoms with Crippen LogP contribution in [0.4, 0.5) is 0 Å². The maximum Gasteiger partial charge on any atom is 0.191 e. The molecular weight excluding hydrogens is 340 g/mol. The molecule has 0 fully saturated rings. The number of hydroxylamine groups is 1. The van der Waals surface area contributed by atoms with E-state index in [0.717, 1.165) is 23.2 Å². The van der Waals surface area contributed by atoms with Gasteiger partial charge in [0.15, 0.2) is 11.6 Å². The molecule has 1 aromatic heterocycles. The Hall–Kier alpha value is -2.92. The second-order valence-electron chi connectivity index (χ2n) is 6.42. The number of allylic oxidation sites excluding steroid dienone is 4. The molecule has 5 heteroatoms. The average Bonchev–Trinajstić information content (AvgIpc) is 3.16. The Bertz CT molecular complexity index is 891. The molecule has 5 nitrogen and oxygen atoms in total. The SMILES string of the molecule is CCC/C(NOCC)=C1\C(=O)C=C(c2ccn(-c3ccccc3)c2)CC1=O. The van der Waals surface area contributed by atoms with Gasteiger partial charge in [0.05, 0.1) is 17.9 Å². The number of carbonyl (C=O) groups excluding carboxylic acids is 2. The summed E-state index contributed by atoms with van der Waals surface area (Å²) in [5, 5.41) is 0. The topological polar surface area (TPSA) is 60.3 Å². The lowest BCUT2D eigenvalue weighted by Crippen LogP contribution is -2.25. The quantitative estimate of drug-likeness (QED) is 0.458. The first-order valence-electron chi connectivity index (χ1n) is 9.26. The van der Waals surface area contributed by atoms with E-state index in [0.29, 0.717) is 18.7 Å². The number of ketones is 2. The molecule has 1 heterocycles. The molecule has 27 heavy (non-hydrogen) atoms. The maximum absolute atomic E-state index is 12.7. The maximum atomic E-state index is 12.7. The highest BCUT2D eigenvalue weighted by Crippen LogP contribution is 2.28. The Morgan fingerprint density at radius 3 is 2.59 bits per heavy atom. The van der Waals surface area contributed by atoms with Gasteiger partial charge in [-0.2, -0.15) is 0 Å². The fourth-order valence-electron chi connectivity index (χ4n) is 3.17. The van der Waals surface area contributed by atoms with Gasteiger partial charge in [0.1, 0.15) is 0 Å². The number of Topliss-reactive ketones (excluding diaryl/α,β-unsaturated/α-hetero) is 1. The summed E-state index contributed by atoms with van der Waals surface area (Å²) < 4.78 is 1.98. The van der Waals surface area contributed by atoms with Crippen molar-refractivity contribution >= 4 is 17.1 Å².